The van der Waals surface area contributed by atoms with Crippen molar-refractivity contribution in [3.05, 3.63) is 33.5 Å². The number of hydrogen-bond acceptors (Lipinski definition) is 6. The van der Waals surface area contributed by atoms with Crippen molar-refractivity contribution >= 4 is 16.7 Å². The lowest BCUT2D eigenvalue weighted by Crippen LogP contribution is -2.49. The van der Waals surface area contributed by atoms with Crippen LogP contribution in [0.4, 0.5) is 5.13 Å². The third-order valence-electron chi connectivity index (χ3n) is 5.06. The molecule has 120 valence electrons. The zero-order chi connectivity index (χ0) is 15.4. The maximum atomic E-state index is 12.2. The van der Waals surface area contributed by atoms with E-state index in [9.17, 15) is 4.79 Å². The van der Waals surface area contributed by atoms with Crippen LogP contribution in [-0.2, 0) is 19.4 Å². The molecular formula is C16H19N5OS. The van der Waals surface area contributed by atoms with E-state index in [0.29, 0.717) is 11.8 Å². The number of aryl methyl sites for hydroxylation is 2. The van der Waals surface area contributed by atoms with Gasteiger partial charge in [-0.05, 0) is 37.7 Å². The molecule has 2 aromatic heterocycles. The quantitative estimate of drug-likeness (QED) is 0.852. The second-order valence-corrected chi connectivity index (χ2v) is 7.70. The van der Waals surface area contributed by atoms with E-state index >= 15 is 0 Å². The summed E-state index contributed by atoms with van der Waals surface area (Å²) in [6.07, 6.45) is 5.64. The van der Waals surface area contributed by atoms with E-state index in [1.165, 1.54) is 24.4 Å². The van der Waals surface area contributed by atoms with Crippen LogP contribution in [0.25, 0.3) is 0 Å². The Labute approximate surface area is 138 Å². The second-order valence-electron chi connectivity index (χ2n) is 6.97. The monoisotopic (exact) mass is 329 g/mol. The molecule has 0 radical (unpaired) electrons. The van der Waals surface area contributed by atoms with Crippen molar-refractivity contribution in [3.8, 4) is 0 Å². The Morgan fingerprint density at radius 1 is 1.26 bits per heavy atom. The van der Waals surface area contributed by atoms with Crippen molar-refractivity contribution in [3.63, 3.8) is 0 Å². The van der Waals surface area contributed by atoms with E-state index in [4.69, 9.17) is 0 Å². The average molecular weight is 329 g/mol. The Morgan fingerprint density at radius 2 is 2.13 bits per heavy atom. The van der Waals surface area contributed by atoms with Gasteiger partial charge < -0.3 is 4.90 Å². The summed E-state index contributed by atoms with van der Waals surface area (Å²) in [4.78, 5) is 19.1. The third-order valence-corrected chi connectivity index (χ3v) is 5.85. The summed E-state index contributed by atoms with van der Waals surface area (Å²) >= 11 is 1.51. The smallest absolute Gasteiger partial charge is 0.267 e. The molecule has 0 atom stereocenters. The topological polar surface area (TPSA) is 63.9 Å². The highest BCUT2D eigenvalue weighted by molar-refractivity contribution is 7.09. The molecule has 2 fully saturated rings. The Bertz CT molecular complexity index is 803. The van der Waals surface area contributed by atoms with Crippen molar-refractivity contribution < 1.29 is 0 Å². The first-order chi connectivity index (χ1) is 11.3. The molecule has 0 bridgehead atoms. The maximum Gasteiger partial charge on any atom is 0.267 e. The highest BCUT2D eigenvalue weighted by Gasteiger charge is 2.33. The molecule has 0 aromatic carbocycles. The molecule has 0 unspecified atom stereocenters. The summed E-state index contributed by atoms with van der Waals surface area (Å²) < 4.78 is 6.13. The van der Waals surface area contributed by atoms with E-state index in [0.717, 1.165) is 61.1 Å². The summed E-state index contributed by atoms with van der Waals surface area (Å²) in [5, 5.41) is 5.61. The molecule has 1 saturated carbocycles. The molecule has 0 amide bonds. The van der Waals surface area contributed by atoms with Gasteiger partial charge in [-0.25, -0.2) is 9.67 Å². The highest BCUT2D eigenvalue weighted by atomic mass is 32.1. The van der Waals surface area contributed by atoms with Gasteiger partial charge in [0, 0.05) is 42.5 Å². The van der Waals surface area contributed by atoms with Gasteiger partial charge in [0.1, 0.15) is 5.82 Å². The zero-order valence-corrected chi connectivity index (χ0v) is 13.8. The van der Waals surface area contributed by atoms with Crippen LogP contribution in [0.3, 0.4) is 0 Å². The second kappa shape index (κ2) is 5.12. The van der Waals surface area contributed by atoms with Crippen LogP contribution in [-0.4, -0.2) is 32.2 Å². The first kappa shape index (κ1) is 13.7. The minimum atomic E-state index is 0.0519. The van der Waals surface area contributed by atoms with Crippen LogP contribution in [0.2, 0.25) is 0 Å². The van der Waals surface area contributed by atoms with Crippen molar-refractivity contribution in [1.82, 2.24) is 19.1 Å². The molecule has 2 aliphatic carbocycles. The SMILES string of the molecule is O=c1cc2c(nn1CC1CN(c3nc(C4CC4)ns3)C1)CCC2. The minimum absolute atomic E-state index is 0.0519. The molecule has 0 spiro atoms. The molecule has 3 aliphatic rings. The fraction of sp³-hybridized carbons (Fsp3) is 0.625. The fourth-order valence-electron chi connectivity index (χ4n) is 3.52. The predicted molar refractivity (Wildman–Crippen MR) is 88.1 cm³/mol. The lowest BCUT2D eigenvalue weighted by molar-refractivity contribution is 0.333. The van der Waals surface area contributed by atoms with Crippen molar-refractivity contribution in [2.24, 2.45) is 5.92 Å². The molecule has 7 heteroatoms. The number of aromatic nitrogens is 4. The van der Waals surface area contributed by atoms with Crippen LogP contribution in [0.1, 0.15) is 42.3 Å². The summed E-state index contributed by atoms with van der Waals surface area (Å²) in [6.45, 7) is 2.62. The maximum absolute atomic E-state index is 12.2. The Hall–Kier alpha value is -1.76. The average Bonchev–Trinajstić information content (AvgIpc) is 3.06. The van der Waals surface area contributed by atoms with Gasteiger partial charge in [-0.2, -0.15) is 9.47 Å². The predicted octanol–water partition coefficient (Wildman–Crippen LogP) is 1.60. The number of nitrogens with zero attached hydrogens (tertiary/aromatic N) is 5. The van der Waals surface area contributed by atoms with E-state index < -0.39 is 0 Å². The fourth-order valence-corrected chi connectivity index (χ4v) is 4.28. The molecule has 1 saturated heterocycles. The molecule has 23 heavy (non-hydrogen) atoms. The molecule has 6 nitrogen and oxygen atoms in total. The van der Waals surface area contributed by atoms with Gasteiger partial charge in [0.05, 0.1) is 12.2 Å². The zero-order valence-electron chi connectivity index (χ0n) is 12.9. The van der Waals surface area contributed by atoms with E-state index in [1.807, 2.05) is 0 Å². The van der Waals surface area contributed by atoms with Gasteiger partial charge in [0.15, 0.2) is 0 Å². The van der Waals surface area contributed by atoms with Crippen LogP contribution in [0.15, 0.2) is 10.9 Å². The molecule has 0 N–H and O–H groups in total. The minimum Gasteiger partial charge on any atom is -0.346 e. The van der Waals surface area contributed by atoms with Crippen LogP contribution in [0, 0.1) is 5.92 Å². The van der Waals surface area contributed by atoms with Gasteiger partial charge in [0.25, 0.3) is 5.56 Å². The van der Waals surface area contributed by atoms with Crippen LogP contribution >= 0.6 is 11.5 Å². The summed E-state index contributed by atoms with van der Waals surface area (Å²) in [5.41, 5.74) is 2.33. The summed E-state index contributed by atoms with van der Waals surface area (Å²) in [6, 6.07) is 1.79. The molecule has 3 heterocycles. The summed E-state index contributed by atoms with van der Waals surface area (Å²) in [5.74, 6) is 2.13. The highest BCUT2D eigenvalue weighted by Crippen LogP contribution is 2.40. The standard InChI is InChI=1S/C16H19N5OS/c22-14-6-12-2-1-3-13(12)18-21(14)9-10-7-20(8-10)16-17-15(19-23-16)11-4-5-11/h6,10-11H,1-5,7-9H2. The van der Waals surface area contributed by atoms with E-state index in [2.05, 4.69) is 19.4 Å². The number of anilines is 1. The first-order valence-corrected chi connectivity index (χ1v) is 9.22. The van der Waals surface area contributed by atoms with Crippen LogP contribution in [0.5, 0.6) is 0 Å². The third kappa shape index (κ3) is 2.47. The van der Waals surface area contributed by atoms with Gasteiger partial charge in [-0.15, -0.1) is 0 Å². The summed E-state index contributed by atoms with van der Waals surface area (Å²) in [7, 11) is 0. The molecule has 2 aromatic rings. The van der Waals surface area contributed by atoms with Gasteiger partial charge in [-0.3, -0.25) is 4.79 Å². The number of hydrogen-bond donors (Lipinski definition) is 0. The van der Waals surface area contributed by atoms with E-state index in [-0.39, 0.29) is 5.56 Å². The van der Waals surface area contributed by atoms with Crippen molar-refractivity contribution in [1.29, 1.82) is 0 Å². The molecule has 1 aliphatic heterocycles. The Balaban J connectivity index is 1.24. The largest absolute Gasteiger partial charge is 0.346 e. The van der Waals surface area contributed by atoms with Gasteiger partial charge >= 0.3 is 0 Å². The van der Waals surface area contributed by atoms with Gasteiger partial charge in [-0.1, -0.05) is 0 Å². The normalized spacial score (nSPS) is 20.6. The van der Waals surface area contributed by atoms with E-state index in [1.54, 1.807) is 10.7 Å². The Morgan fingerprint density at radius 3 is 2.96 bits per heavy atom. The molecule has 5 rings (SSSR count). The lowest BCUT2D eigenvalue weighted by Gasteiger charge is -2.38. The number of rotatable bonds is 4. The van der Waals surface area contributed by atoms with Crippen molar-refractivity contribution in [2.75, 3.05) is 18.0 Å². The molecular weight excluding hydrogens is 310 g/mol. The lowest BCUT2D eigenvalue weighted by atomic mass is 10.0. The first-order valence-electron chi connectivity index (χ1n) is 8.45. The Kier molecular flexibility index (Phi) is 3.04. The van der Waals surface area contributed by atoms with Crippen LogP contribution < -0.4 is 10.5 Å². The van der Waals surface area contributed by atoms with Crippen molar-refractivity contribution in [2.45, 2.75) is 44.6 Å². The number of fused-ring (bicyclic) bond motifs is 1. The van der Waals surface area contributed by atoms with Gasteiger partial charge in [0.2, 0.25) is 5.13 Å².